The molecule has 1 amide bonds. The van der Waals surface area contributed by atoms with Crippen LogP contribution >= 0.6 is 23.5 Å². The molecule has 1 spiro atoms. The Bertz CT molecular complexity index is 1280. The summed E-state index contributed by atoms with van der Waals surface area (Å²) >= 11 is 7.85. The Morgan fingerprint density at radius 2 is 2.08 bits per heavy atom. The minimum absolute atomic E-state index is 0.0690. The second-order valence-corrected chi connectivity index (χ2v) is 13.8. The van der Waals surface area contributed by atoms with Gasteiger partial charge in [0.1, 0.15) is 5.75 Å². The fourth-order valence-corrected chi connectivity index (χ4v) is 8.56. The minimum Gasteiger partial charge on any atom is -0.490 e. The van der Waals surface area contributed by atoms with E-state index < -0.39 is 0 Å². The lowest BCUT2D eigenvalue weighted by atomic mass is 9.67. The van der Waals surface area contributed by atoms with E-state index in [4.69, 9.17) is 25.8 Å². The average molecular weight is 583 g/mol. The molecule has 5 aliphatic rings. The Hall–Kier alpha value is -1.93. The van der Waals surface area contributed by atoms with Crippen molar-refractivity contribution in [2.45, 2.75) is 75.6 Å². The third-order valence-electron chi connectivity index (χ3n) is 9.88. The number of nitrogens with one attached hydrogen (secondary N) is 1. The van der Waals surface area contributed by atoms with Gasteiger partial charge in [0.25, 0.3) is 5.91 Å². The first kappa shape index (κ1) is 26.9. The Labute approximate surface area is 246 Å². The number of benzene rings is 2. The van der Waals surface area contributed by atoms with Gasteiger partial charge in [-0.05, 0) is 111 Å². The van der Waals surface area contributed by atoms with Crippen LogP contribution in [-0.4, -0.2) is 56.3 Å². The van der Waals surface area contributed by atoms with Gasteiger partial charge >= 0.3 is 0 Å². The summed E-state index contributed by atoms with van der Waals surface area (Å²) in [4.78, 5) is 15.8. The number of hydrogen-bond donors (Lipinski definition) is 1. The lowest BCUT2D eigenvalue weighted by molar-refractivity contribution is -0.126. The van der Waals surface area contributed by atoms with Crippen molar-refractivity contribution in [3.05, 3.63) is 58.1 Å². The van der Waals surface area contributed by atoms with Crippen LogP contribution < -0.4 is 14.4 Å². The summed E-state index contributed by atoms with van der Waals surface area (Å²) in [7, 11) is 0. The van der Waals surface area contributed by atoms with Crippen LogP contribution in [0.15, 0.2) is 36.4 Å². The van der Waals surface area contributed by atoms with E-state index in [2.05, 4.69) is 28.7 Å². The highest BCUT2D eigenvalue weighted by Gasteiger charge is 2.45. The maximum absolute atomic E-state index is 13.2. The molecule has 0 unspecified atom stereocenters. The van der Waals surface area contributed by atoms with Crippen molar-refractivity contribution < 1.29 is 19.0 Å². The van der Waals surface area contributed by atoms with Gasteiger partial charge in [0.2, 0.25) is 0 Å². The third kappa shape index (κ3) is 5.12. The first-order chi connectivity index (χ1) is 19.5. The van der Waals surface area contributed by atoms with Crippen LogP contribution in [-0.2, 0) is 21.3 Å². The summed E-state index contributed by atoms with van der Waals surface area (Å²) in [6.45, 7) is 5.30. The van der Waals surface area contributed by atoms with E-state index in [-0.39, 0.29) is 29.6 Å². The first-order valence-corrected chi connectivity index (χ1v) is 16.3. The molecule has 4 bridgehead atoms. The van der Waals surface area contributed by atoms with Gasteiger partial charge in [0.05, 0.1) is 30.6 Å². The molecule has 3 aliphatic heterocycles. The largest absolute Gasteiger partial charge is 0.490 e. The molecule has 6 atom stereocenters. The summed E-state index contributed by atoms with van der Waals surface area (Å²) in [5, 5.41) is 0.800. The number of halogens is 1. The highest BCUT2D eigenvalue weighted by atomic mass is 35.5. The molecule has 6 nitrogen and oxygen atoms in total. The number of hydrogen-bond acceptors (Lipinski definition) is 6. The molecular weight excluding hydrogens is 544 g/mol. The van der Waals surface area contributed by atoms with Crippen LogP contribution in [0.4, 0.5) is 5.69 Å². The second-order valence-electron chi connectivity index (χ2n) is 12.5. The van der Waals surface area contributed by atoms with Crippen molar-refractivity contribution in [2.75, 3.05) is 37.0 Å². The van der Waals surface area contributed by atoms with Gasteiger partial charge in [-0.2, -0.15) is 0 Å². The van der Waals surface area contributed by atoms with E-state index in [1.54, 1.807) is 0 Å². The van der Waals surface area contributed by atoms with E-state index in [0.717, 1.165) is 68.3 Å². The number of nitrogens with zero attached hydrogens (tertiary/aromatic N) is 1. The molecule has 7 rings (SSSR count). The van der Waals surface area contributed by atoms with Crippen molar-refractivity contribution in [3.8, 4) is 5.75 Å². The molecule has 0 radical (unpaired) electrons. The SMILES string of the molecule is C[C@@H]1CSNC(=O)c2ccc3c(c2)N(C[C@@H]2CC[C@H]2[C@@H]2C[C@@H](CCO2)O1)C[C@@]1(CCCc2cc(Cl)ccc21)CO3. The zero-order valence-corrected chi connectivity index (χ0v) is 24.8. The van der Waals surface area contributed by atoms with Crippen LogP contribution in [0, 0.1) is 11.8 Å². The summed E-state index contributed by atoms with van der Waals surface area (Å²) < 4.78 is 22.5. The van der Waals surface area contributed by atoms with E-state index in [9.17, 15) is 4.79 Å². The van der Waals surface area contributed by atoms with Crippen molar-refractivity contribution in [1.82, 2.24) is 4.72 Å². The minimum atomic E-state index is -0.119. The molecule has 2 fully saturated rings. The van der Waals surface area contributed by atoms with Crippen LogP contribution in [0.25, 0.3) is 0 Å². The standard InChI is InChI=1S/C32H39ClN2O4S/c1-20-17-40-34-31(36)22-5-9-29-28(14-22)35(16-23-4-7-26(23)30-15-25(39-20)10-12-37-30)18-32(19-38-29)11-2-3-21-13-24(33)6-8-27(21)32/h5-6,8-9,13-14,20,23,25-26,30H,2-4,7,10-12,15-19H2,1H3,(H,34,36)/t20-,23+,25-,26-,30+,32+/m1/s1. The molecule has 1 saturated carbocycles. The Morgan fingerprint density at radius 1 is 1.15 bits per heavy atom. The molecule has 2 aromatic carbocycles. The van der Waals surface area contributed by atoms with Gasteiger partial charge in [0, 0.05) is 47.9 Å². The van der Waals surface area contributed by atoms with Gasteiger partial charge in [-0.25, -0.2) is 0 Å². The fourth-order valence-electron chi connectivity index (χ4n) is 7.72. The van der Waals surface area contributed by atoms with E-state index in [1.165, 1.54) is 35.9 Å². The van der Waals surface area contributed by atoms with Crippen LogP contribution in [0.1, 0.15) is 66.9 Å². The Balaban J connectivity index is 1.26. The zero-order chi connectivity index (χ0) is 27.3. The van der Waals surface area contributed by atoms with E-state index in [1.807, 2.05) is 24.3 Å². The Kier molecular flexibility index (Phi) is 7.44. The second kappa shape index (κ2) is 11.0. The average Bonchev–Trinajstić information content (AvgIpc) is 3.07. The number of fused-ring (bicyclic) bond motifs is 7. The molecule has 1 saturated heterocycles. The number of ether oxygens (including phenoxy) is 3. The van der Waals surface area contributed by atoms with Crippen LogP contribution in [0.5, 0.6) is 5.75 Å². The smallest absolute Gasteiger partial charge is 0.261 e. The number of aryl methyl sites for hydroxylation is 1. The molecule has 2 aliphatic carbocycles. The predicted molar refractivity (Wildman–Crippen MR) is 160 cm³/mol. The summed E-state index contributed by atoms with van der Waals surface area (Å²) in [5.41, 5.74) is 4.29. The lowest BCUT2D eigenvalue weighted by Crippen LogP contribution is -2.51. The van der Waals surface area contributed by atoms with Gasteiger partial charge in [-0.1, -0.05) is 17.7 Å². The number of amides is 1. The maximum Gasteiger partial charge on any atom is 0.261 e. The van der Waals surface area contributed by atoms with Gasteiger partial charge in [0.15, 0.2) is 0 Å². The monoisotopic (exact) mass is 582 g/mol. The third-order valence-corrected chi connectivity index (χ3v) is 11.1. The first-order valence-electron chi connectivity index (χ1n) is 15.0. The maximum atomic E-state index is 13.2. The van der Waals surface area contributed by atoms with Gasteiger partial charge < -0.3 is 19.1 Å². The number of rotatable bonds is 0. The van der Waals surface area contributed by atoms with Crippen molar-refractivity contribution >= 4 is 35.1 Å². The quantitative estimate of drug-likeness (QED) is 0.374. The highest BCUT2D eigenvalue weighted by molar-refractivity contribution is 7.98. The molecule has 8 heteroatoms. The number of carbonyl (C=O) groups is 1. The van der Waals surface area contributed by atoms with Crippen LogP contribution in [0.3, 0.4) is 0 Å². The Morgan fingerprint density at radius 3 is 2.95 bits per heavy atom. The molecule has 2 aromatic rings. The van der Waals surface area contributed by atoms with Crippen molar-refractivity contribution in [2.24, 2.45) is 11.8 Å². The van der Waals surface area contributed by atoms with Crippen LogP contribution in [0.2, 0.25) is 5.02 Å². The van der Waals surface area contributed by atoms with Crippen molar-refractivity contribution in [3.63, 3.8) is 0 Å². The van der Waals surface area contributed by atoms with E-state index >= 15 is 0 Å². The lowest BCUT2D eigenvalue weighted by Gasteiger charge is -2.48. The van der Waals surface area contributed by atoms with Crippen molar-refractivity contribution in [1.29, 1.82) is 0 Å². The molecular formula is C32H39ClN2O4S. The summed E-state index contributed by atoms with van der Waals surface area (Å²) in [6, 6.07) is 12.3. The predicted octanol–water partition coefficient (Wildman–Crippen LogP) is 6.18. The molecule has 40 heavy (non-hydrogen) atoms. The molecule has 1 N–H and O–H groups in total. The molecule has 3 heterocycles. The zero-order valence-electron chi connectivity index (χ0n) is 23.2. The number of carbonyl (C=O) groups excluding carboxylic acids is 1. The summed E-state index contributed by atoms with van der Waals surface area (Å²) in [5.74, 6) is 2.59. The number of anilines is 1. The normalized spacial score (nSPS) is 34.0. The highest BCUT2D eigenvalue weighted by Crippen LogP contribution is 2.47. The topological polar surface area (TPSA) is 60.0 Å². The van der Waals surface area contributed by atoms with E-state index in [0.29, 0.717) is 29.8 Å². The molecule has 0 aromatic heterocycles. The van der Waals surface area contributed by atoms with Gasteiger partial charge in [-0.3, -0.25) is 9.52 Å². The summed E-state index contributed by atoms with van der Waals surface area (Å²) in [6.07, 6.45) is 8.11. The fraction of sp³-hybridized carbons (Fsp3) is 0.594. The molecule has 214 valence electrons. The van der Waals surface area contributed by atoms with Gasteiger partial charge in [-0.15, -0.1) is 0 Å².